The molecule has 9 nitrogen and oxygen atoms in total. The van der Waals surface area contributed by atoms with Crippen LogP contribution in [-0.2, 0) is 19.6 Å². The Morgan fingerprint density at radius 3 is 2.34 bits per heavy atom. The average molecular weight is 496 g/mol. The van der Waals surface area contributed by atoms with Crippen LogP contribution in [-0.4, -0.2) is 65.2 Å². The Labute approximate surface area is 205 Å². The van der Waals surface area contributed by atoms with Gasteiger partial charge in [-0.2, -0.15) is 4.31 Å². The van der Waals surface area contributed by atoms with Gasteiger partial charge in [0.2, 0.25) is 21.8 Å². The maximum Gasteiger partial charge on any atom is 0.243 e. The molecular formula is C25H29N5O4S. The molecule has 2 amide bonds. The molecule has 10 heteroatoms. The first-order valence-electron chi connectivity index (χ1n) is 11.5. The highest BCUT2D eigenvalue weighted by atomic mass is 32.2. The van der Waals surface area contributed by atoms with Gasteiger partial charge in [-0.05, 0) is 55.3 Å². The normalized spacial score (nSPS) is 14.6. The number of piperazine rings is 1. The highest BCUT2D eigenvalue weighted by Crippen LogP contribution is 2.22. The van der Waals surface area contributed by atoms with E-state index in [-0.39, 0.29) is 37.7 Å². The van der Waals surface area contributed by atoms with Crippen molar-refractivity contribution in [3.8, 4) is 5.69 Å². The van der Waals surface area contributed by atoms with E-state index in [1.165, 1.54) is 4.31 Å². The van der Waals surface area contributed by atoms with Gasteiger partial charge in [0.25, 0.3) is 0 Å². The van der Waals surface area contributed by atoms with Gasteiger partial charge in [-0.3, -0.25) is 9.59 Å². The number of carbonyl (C=O) groups is 2. The fraction of sp³-hybridized carbons (Fsp3) is 0.320. The van der Waals surface area contributed by atoms with Gasteiger partial charge in [-0.15, -0.1) is 0 Å². The molecular weight excluding hydrogens is 466 g/mol. The molecule has 2 heterocycles. The number of aromatic nitrogens is 2. The van der Waals surface area contributed by atoms with E-state index < -0.39 is 10.0 Å². The van der Waals surface area contributed by atoms with E-state index >= 15 is 0 Å². The standard InChI is InChI=1S/C25H29N5O4S/c1-19-3-4-20(2)23(17-19)35(33,34)30-15-13-28(14-16-30)25(32)10-9-24(31)27-21-5-7-22(8-6-21)29-12-11-26-18-29/h3-8,11-12,17-18H,9-10,13-16H2,1-2H3,(H,27,31). The summed E-state index contributed by atoms with van der Waals surface area (Å²) in [6.45, 7) is 4.72. The summed E-state index contributed by atoms with van der Waals surface area (Å²) in [5, 5.41) is 2.81. The first-order chi connectivity index (χ1) is 16.7. The van der Waals surface area contributed by atoms with Crippen molar-refractivity contribution in [2.45, 2.75) is 31.6 Å². The Bertz CT molecular complexity index is 1300. The zero-order chi connectivity index (χ0) is 25.0. The molecule has 1 aliphatic rings. The number of carbonyl (C=O) groups excluding carboxylic acids is 2. The fourth-order valence-electron chi connectivity index (χ4n) is 4.03. The summed E-state index contributed by atoms with van der Waals surface area (Å²) in [5.74, 6) is -0.399. The molecule has 4 rings (SSSR count). The lowest BCUT2D eigenvalue weighted by Crippen LogP contribution is -2.50. The largest absolute Gasteiger partial charge is 0.340 e. The molecule has 0 spiro atoms. The minimum Gasteiger partial charge on any atom is -0.340 e. The van der Waals surface area contributed by atoms with Gasteiger partial charge in [-0.25, -0.2) is 13.4 Å². The second kappa shape index (κ2) is 10.4. The molecule has 0 bridgehead atoms. The molecule has 0 aliphatic carbocycles. The van der Waals surface area contributed by atoms with Gasteiger partial charge >= 0.3 is 0 Å². The van der Waals surface area contributed by atoms with E-state index in [1.54, 1.807) is 48.6 Å². The van der Waals surface area contributed by atoms with Crippen molar-refractivity contribution in [2.24, 2.45) is 0 Å². The van der Waals surface area contributed by atoms with E-state index in [2.05, 4.69) is 10.3 Å². The summed E-state index contributed by atoms with van der Waals surface area (Å²) in [6.07, 6.45) is 5.35. The van der Waals surface area contributed by atoms with E-state index in [4.69, 9.17) is 0 Å². The molecule has 0 atom stereocenters. The maximum atomic E-state index is 13.1. The zero-order valence-corrected chi connectivity index (χ0v) is 20.7. The minimum atomic E-state index is -3.62. The van der Waals surface area contributed by atoms with Crippen LogP contribution in [0.3, 0.4) is 0 Å². The lowest BCUT2D eigenvalue weighted by atomic mass is 10.2. The Balaban J connectivity index is 1.25. The van der Waals surface area contributed by atoms with Crippen molar-refractivity contribution in [1.82, 2.24) is 18.8 Å². The third-order valence-electron chi connectivity index (χ3n) is 6.07. The third kappa shape index (κ3) is 5.77. The van der Waals surface area contributed by atoms with Crippen LogP contribution >= 0.6 is 0 Å². The highest BCUT2D eigenvalue weighted by molar-refractivity contribution is 7.89. The van der Waals surface area contributed by atoms with Crippen LogP contribution in [0.15, 0.2) is 66.1 Å². The number of rotatable bonds is 7. The molecule has 0 saturated carbocycles. The summed E-state index contributed by atoms with van der Waals surface area (Å²) >= 11 is 0. The molecule has 3 aromatic rings. The van der Waals surface area contributed by atoms with Crippen molar-refractivity contribution in [1.29, 1.82) is 0 Å². The monoisotopic (exact) mass is 495 g/mol. The molecule has 2 aromatic carbocycles. The van der Waals surface area contributed by atoms with Gasteiger partial charge in [-0.1, -0.05) is 12.1 Å². The molecule has 1 aromatic heterocycles. The number of sulfonamides is 1. The van der Waals surface area contributed by atoms with Crippen molar-refractivity contribution in [3.63, 3.8) is 0 Å². The van der Waals surface area contributed by atoms with Crippen LogP contribution in [0, 0.1) is 13.8 Å². The van der Waals surface area contributed by atoms with Crippen LogP contribution in [0.4, 0.5) is 5.69 Å². The number of amides is 2. The smallest absolute Gasteiger partial charge is 0.243 e. The van der Waals surface area contributed by atoms with Crippen LogP contribution < -0.4 is 5.32 Å². The minimum absolute atomic E-state index is 0.0586. The summed E-state index contributed by atoms with van der Waals surface area (Å²) in [4.78, 5) is 30.9. The topological polar surface area (TPSA) is 105 Å². The van der Waals surface area contributed by atoms with Gasteiger partial charge in [0.1, 0.15) is 0 Å². The van der Waals surface area contributed by atoms with Crippen LogP contribution in [0.2, 0.25) is 0 Å². The Morgan fingerprint density at radius 2 is 1.69 bits per heavy atom. The molecule has 0 radical (unpaired) electrons. The average Bonchev–Trinajstić information content (AvgIpc) is 3.39. The Morgan fingerprint density at radius 1 is 0.971 bits per heavy atom. The molecule has 35 heavy (non-hydrogen) atoms. The second-order valence-corrected chi connectivity index (χ2v) is 10.5. The number of nitrogens with zero attached hydrogens (tertiary/aromatic N) is 4. The van der Waals surface area contributed by atoms with E-state index in [0.717, 1.165) is 11.3 Å². The van der Waals surface area contributed by atoms with Crippen molar-refractivity contribution < 1.29 is 18.0 Å². The summed E-state index contributed by atoms with van der Waals surface area (Å²) < 4.78 is 29.4. The molecule has 0 unspecified atom stereocenters. The summed E-state index contributed by atoms with van der Waals surface area (Å²) in [6, 6.07) is 12.7. The first kappa shape index (κ1) is 24.6. The Kier molecular flexibility index (Phi) is 7.32. The molecule has 1 fully saturated rings. The van der Waals surface area contributed by atoms with Crippen molar-refractivity contribution >= 4 is 27.5 Å². The third-order valence-corrected chi connectivity index (χ3v) is 8.11. The maximum absolute atomic E-state index is 13.1. The van der Waals surface area contributed by atoms with Crippen LogP contribution in [0.5, 0.6) is 0 Å². The first-order valence-corrected chi connectivity index (χ1v) is 12.9. The lowest BCUT2D eigenvalue weighted by Gasteiger charge is -2.34. The van der Waals surface area contributed by atoms with Gasteiger partial charge in [0.05, 0.1) is 11.2 Å². The predicted molar refractivity (Wildman–Crippen MR) is 133 cm³/mol. The summed E-state index contributed by atoms with van der Waals surface area (Å²) in [7, 11) is -3.62. The lowest BCUT2D eigenvalue weighted by molar-refractivity contribution is -0.133. The van der Waals surface area contributed by atoms with Gasteiger partial charge < -0.3 is 14.8 Å². The SMILES string of the molecule is Cc1ccc(C)c(S(=O)(=O)N2CCN(C(=O)CCC(=O)Nc3ccc(-n4ccnc4)cc3)CC2)c1. The zero-order valence-electron chi connectivity index (χ0n) is 19.8. The molecule has 1 saturated heterocycles. The molecule has 1 N–H and O–H groups in total. The number of imidazole rings is 1. The predicted octanol–water partition coefficient (Wildman–Crippen LogP) is 2.74. The number of aryl methyl sites for hydroxylation is 2. The highest BCUT2D eigenvalue weighted by Gasteiger charge is 2.31. The number of benzene rings is 2. The van der Waals surface area contributed by atoms with Gasteiger partial charge in [0.15, 0.2) is 0 Å². The van der Waals surface area contributed by atoms with Crippen molar-refractivity contribution in [2.75, 3.05) is 31.5 Å². The van der Waals surface area contributed by atoms with Gasteiger partial charge in [0, 0.05) is 62.8 Å². The Hall–Kier alpha value is -3.50. The fourth-order valence-corrected chi connectivity index (χ4v) is 5.76. The van der Waals surface area contributed by atoms with Crippen LogP contribution in [0.25, 0.3) is 5.69 Å². The summed E-state index contributed by atoms with van der Waals surface area (Å²) in [5.41, 5.74) is 3.16. The molecule has 1 aliphatic heterocycles. The van der Waals surface area contributed by atoms with E-state index in [1.807, 2.05) is 35.9 Å². The second-order valence-electron chi connectivity index (χ2n) is 8.62. The van der Waals surface area contributed by atoms with E-state index in [0.29, 0.717) is 29.2 Å². The number of hydrogen-bond donors (Lipinski definition) is 1. The van der Waals surface area contributed by atoms with E-state index in [9.17, 15) is 18.0 Å². The van der Waals surface area contributed by atoms with Crippen LogP contribution in [0.1, 0.15) is 24.0 Å². The quantitative estimate of drug-likeness (QED) is 0.543. The van der Waals surface area contributed by atoms with Crippen molar-refractivity contribution in [3.05, 3.63) is 72.3 Å². The molecule has 184 valence electrons. The number of nitrogens with one attached hydrogen (secondary N) is 1. The number of hydrogen-bond acceptors (Lipinski definition) is 5. The number of anilines is 1.